The number of piperidine rings is 1. The number of carbonyl (C=O) groups is 4. The Morgan fingerprint density at radius 3 is 2.20 bits per heavy atom. The van der Waals surface area contributed by atoms with Gasteiger partial charge in [-0.1, -0.05) is 12.1 Å². The molecule has 2 fully saturated rings. The minimum Gasteiger partial charge on any atom is -0.459 e. The highest BCUT2D eigenvalue weighted by Crippen LogP contribution is 2.24. The lowest BCUT2D eigenvalue weighted by molar-refractivity contribution is -0.121. The van der Waals surface area contributed by atoms with Crippen molar-refractivity contribution in [3.05, 3.63) is 54.0 Å². The van der Waals surface area contributed by atoms with E-state index in [9.17, 15) is 19.2 Å². The minimum atomic E-state index is -0.371. The summed E-state index contributed by atoms with van der Waals surface area (Å²) in [6.45, 7) is 4.57. The van der Waals surface area contributed by atoms with Crippen molar-refractivity contribution in [2.75, 3.05) is 51.2 Å². The minimum absolute atomic E-state index is 0.164. The second-order valence-corrected chi connectivity index (χ2v) is 8.56. The van der Waals surface area contributed by atoms with Gasteiger partial charge in [0.25, 0.3) is 11.8 Å². The molecule has 2 aliphatic rings. The second kappa shape index (κ2) is 11.1. The number of nitrogens with one attached hydrogen (secondary N) is 1. The first-order chi connectivity index (χ1) is 17.0. The van der Waals surface area contributed by atoms with Crippen molar-refractivity contribution in [3.8, 4) is 0 Å². The number of amides is 4. The van der Waals surface area contributed by atoms with Gasteiger partial charge >= 0.3 is 6.09 Å². The molecule has 4 rings (SSSR count). The molecular formula is C25H30N4O6. The van der Waals surface area contributed by atoms with Crippen molar-refractivity contribution >= 4 is 29.5 Å². The summed E-state index contributed by atoms with van der Waals surface area (Å²) in [7, 11) is 0. The number of rotatable bonds is 5. The number of ether oxygens (including phenoxy) is 1. The second-order valence-electron chi connectivity index (χ2n) is 8.56. The van der Waals surface area contributed by atoms with Gasteiger partial charge in [-0.3, -0.25) is 14.4 Å². The van der Waals surface area contributed by atoms with Gasteiger partial charge in [0, 0.05) is 45.2 Å². The smallest absolute Gasteiger partial charge is 0.409 e. The average Bonchev–Trinajstić information content (AvgIpc) is 3.44. The van der Waals surface area contributed by atoms with Crippen molar-refractivity contribution in [2.45, 2.75) is 19.8 Å². The zero-order chi connectivity index (χ0) is 24.8. The lowest BCUT2D eigenvalue weighted by atomic mass is 9.95. The summed E-state index contributed by atoms with van der Waals surface area (Å²) in [5.41, 5.74) is 0.875. The Morgan fingerprint density at radius 1 is 0.886 bits per heavy atom. The fourth-order valence-corrected chi connectivity index (χ4v) is 4.39. The van der Waals surface area contributed by atoms with Gasteiger partial charge in [0.05, 0.1) is 24.1 Å². The summed E-state index contributed by atoms with van der Waals surface area (Å²) in [4.78, 5) is 55.5. The number of hydrogen-bond acceptors (Lipinski definition) is 6. The molecule has 10 heteroatoms. The molecule has 0 saturated carbocycles. The Hall–Kier alpha value is -3.82. The maximum absolute atomic E-state index is 13.2. The molecule has 2 aliphatic heterocycles. The summed E-state index contributed by atoms with van der Waals surface area (Å²) >= 11 is 0. The number of carbonyl (C=O) groups excluding carboxylic acids is 4. The van der Waals surface area contributed by atoms with E-state index in [2.05, 4.69) is 5.32 Å². The van der Waals surface area contributed by atoms with E-state index in [0.29, 0.717) is 75.7 Å². The van der Waals surface area contributed by atoms with Gasteiger partial charge in [-0.25, -0.2) is 4.79 Å². The lowest BCUT2D eigenvalue weighted by Crippen LogP contribution is -2.50. The van der Waals surface area contributed by atoms with Crippen LogP contribution in [0.25, 0.3) is 0 Å². The highest BCUT2D eigenvalue weighted by Gasteiger charge is 2.30. The Balaban J connectivity index is 1.33. The van der Waals surface area contributed by atoms with Gasteiger partial charge in [0.15, 0.2) is 5.76 Å². The molecule has 2 saturated heterocycles. The van der Waals surface area contributed by atoms with E-state index in [0.717, 1.165) is 0 Å². The largest absolute Gasteiger partial charge is 0.459 e. The SMILES string of the molecule is CCOC(=O)N1CCN(C(=O)c2ccccc2NC(=O)C2CCN(C(=O)c3ccco3)CC2)CC1. The van der Waals surface area contributed by atoms with E-state index in [1.54, 1.807) is 58.0 Å². The maximum Gasteiger partial charge on any atom is 0.409 e. The van der Waals surface area contributed by atoms with Crippen LogP contribution in [0.1, 0.15) is 40.7 Å². The molecule has 0 radical (unpaired) electrons. The van der Waals surface area contributed by atoms with Crippen molar-refractivity contribution in [1.29, 1.82) is 0 Å². The first-order valence-electron chi connectivity index (χ1n) is 11.9. The zero-order valence-electron chi connectivity index (χ0n) is 19.8. The fourth-order valence-electron chi connectivity index (χ4n) is 4.39. The Morgan fingerprint density at radius 2 is 1.54 bits per heavy atom. The van der Waals surface area contributed by atoms with Gasteiger partial charge in [0.1, 0.15) is 0 Å². The van der Waals surface area contributed by atoms with Crippen LogP contribution in [-0.4, -0.2) is 84.4 Å². The van der Waals surface area contributed by atoms with E-state index in [1.165, 1.54) is 6.26 Å². The fraction of sp³-hybridized carbons (Fsp3) is 0.440. The van der Waals surface area contributed by atoms with Gasteiger partial charge in [0.2, 0.25) is 5.91 Å². The molecule has 10 nitrogen and oxygen atoms in total. The number of piperazine rings is 1. The monoisotopic (exact) mass is 482 g/mol. The van der Waals surface area contributed by atoms with Gasteiger partial charge in [-0.15, -0.1) is 0 Å². The summed E-state index contributed by atoms with van der Waals surface area (Å²) < 4.78 is 10.2. The Bertz CT molecular complexity index is 1050. The third-order valence-corrected chi connectivity index (χ3v) is 6.39. The summed E-state index contributed by atoms with van der Waals surface area (Å²) in [6.07, 6.45) is 2.16. The molecule has 0 spiro atoms. The molecular weight excluding hydrogens is 452 g/mol. The number of anilines is 1. The highest BCUT2D eigenvalue weighted by atomic mass is 16.6. The number of para-hydroxylation sites is 1. The molecule has 186 valence electrons. The van der Waals surface area contributed by atoms with Gasteiger partial charge in [-0.2, -0.15) is 0 Å². The van der Waals surface area contributed by atoms with Crippen LogP contribution in [0.2, 0.25) is 0 Å². The molecule has 1 aromatic heterocycles. The van der Waals surface area contributed by atoms with E-state index in [-0.39, 0.29) is 29.7 Å². The first-order valence-corrected chi connectivity index (χ1v) is 11.9. The van der Waals surface area contributed by atoms with Crippen LogP contribution in [0.4, 0.5) is 10.5 Å². The summed E-state index contributed by atoms with van der Waals surface area (Å²) in [5, 5.41) is 2.92. The van der Waals surface area contributed by atoms with Crippen LogP contribution >= 0.6 is 0 Å². The maximum atomic E-state index is 13.2. The van der Waals surface area contributed by atoms with Crippen molar-refractivity contribution in [2.24, 2.45) is 5.92 Å². The van der Waals surface area contributed by atoms with Crippen LogP contribution < -0.4 is 5.32 Å². The molecule has 0 unspecified atom stereocenters. The predicted octanol–water partition coefficient (Wildman–Crippen LogP) is 2.68. The van der Waals surface area contributed by atoms with Crippen molar-refractivity contribution in [1.82, 2.24) is 14.7 Å². The van der Waals surface area contributed by atoms with Crippen LogP contribution in [0, 0.1) is 5.92 Å². The Labute approximate surface area is 203 Å². The first kappa shape index (κ1) is 24.3. The molecule has 35 heavy (non-hydrogen) atoms. The molecule has 4 amide bonds. The van der Waals surface area contributed by atoms with Crippen LogP contribution in [-0.2, 0) is 9.53 Å². The number of furan rings is 1. The highest BCUT2D eigenvalue weighted by molar-refractivity contribution is 6.04. The van der Waals surface area contributed by atoms with E-state index >= 15 is 0 Å². The third kappa shape index (κ3) is 5.64. The molecule has 0 atom stereocenters. The van der Waals surface area contributed by atoms with E-state index in [4.69, 9.17) is 9.15 Å². The number of likely N-dealkylation sites (tertiary alicyclic amines) is 1. The quantitative estimate of drug-likeness (QED) is 0.701. The third-order valence-electron chi connectivity index (χ3n) is 6.39. The standard InChI is InChI=1S/C25H30N4O6/c1-2-34-25(33)29-15-13-28(14-16-29)23(31)19-6-3-4-7-20(19)26-22(30)18-9-11-27(12-10-18)24(32)21-8-5-17-35-21/h3-8,17-18H,2,9-16H2,1H3,(H,26,30). The van der Waals surface area contributed by atoms with Crippen molar-refractivity contribution in [3.63, 3.8) is 0 Å². The van der Waals surface area contributed by atoms with Gasteiger partial charge in [-0.05, 0) is 44.0 Å². The zero-order valence-corrected chi connectivity index (χ0v) is 19.8. The number of nitrogens with zero attached hydrogens (tertiary/aromatic N) is 3. The molecule has 0 aliphatic carbocycles. The van der Waals surface area contributed by atoms with E-state index < -0.39 is 0 Å². The normalized spacial score (nSPS) is 16.7. The molecule has 2 aromatic rings. The van der Waals surface area contributed by atoms with Crippen LogP contribution in [0.15, 0.2) is 47.1 Å². The summed E-state index contributed by atoms with van der Waals surface area (Å²) in [6, 6.07) is 10.3. The topological polar surface area (TPSA) is 112 Å². The predicted molar refractivity (Wildman–Crippen MR) is 127 cm³/mol. The van der Waals surface area contributed by atoms with Gasteiger partial charge < -0.3 is 29.2 Å². The number of benzene rings is 1. The van der Waals surface area contributed by atoms with Crippen LogP contribution in [0.5, 0.6) is 0 Å². The molecule has 3 heterocycles. The number of hydrogen-bond donors (Lipinski definition) is 1. The molecule has 0 bridgehead atoms. The summed E-state index contributed by atoms with van der Waals surface area (Å²) in [5.74, 6) is -0.492. The van der Waals surface area contributed by atoms with Crippen molar-refractivity contribution < 1.29 is 28.3 Å². The van der Waals surface area contributed by atoms with E-state index in [1.807, 2.05) is 0 Å². The van der Waals surface area contributed by atoms with Crippen LogP contribution in [0.3, 0.4) is 0 Å². The molecule has 1 aromatic carbocycles. The lowest BCUT2D eigenvalue weighted by Gasteiger charge is -2.34. The molecule has 1 N–H and O–H groups in total. The Kier molecular flexibility index (Phi) is 7.69. The average molecular weight is 483 g/mol.